The fraction of sp³-hybridized carbons (Fsp3) is 0.312. The normalized spacial score (nSPS) is 12.2. The van der Waals surface area contributed by atoms with Gasteiger partial charge in [-0.15, -0.1) is 0 Å². The van der Waals surface area contributed by atoms with Crippen molar-refractivity contribution >= 4 is 5.69 Å². The Morgan fingerprint density at radius 1 is 1.11 bits per heavy atom. The quantitative estimate of drug-likeness (QED) is 0.892. The van der Waals surface area contributed by atoms with Gasteiger partial charge in [-0.3, -0.25) is 4.98 Å². The number of aromatic nitrogens is 1. The van der Waals surface area contributed by atoms with Crippen LogP contribution in [-0.4, -0.2) is 11.5 Å². The van der Waals surface area contributed by atoms with Gasteiger partial charge in [0.05, 0.1) is 0 Å². The Morgan fingerprint density at radius 2 is 1.74 bits per heavy atom. The van der Waals surface area contributed by atoms with Gasteiger partial charge < -0.3 is 10.6 Å². The summed E-state index contributed by atoms with van der Waals surface area (Å²) in [5.41, 5.74) is 9.54. The molecule has 0 fully saturated rings. The average Bonchev–Trinajstić information content (AvgIpc) is 2.46. The Labute approximate surface area is 115 Å². The van der Waals surface area contributed by atoms with Gasteiger partial charge in [0.2, 0.25) is 0 Å². The lowest BCUT2D eigenvalue weighted by atomic mass is 10.1. The lowest BCUT2D eigenvalue weighted by molar-refractivity contribution is 0.810. The van der Waals surface area contributed by atoms with E-state index in [2.05, 4.69) is 53.2 Å². The molecule has 2 rings (SSSR count). The van der Waals surface area contributed by atoms with Crippen molar-refractivity contribution in [2.75, 3.05) is 11.4 Å². The van der Waals surface area contributed by atoms with Crippen molar-refractivity contribution < 1.29 is 0 Å². The van der Waals surface area contributed by atoms with Gasteiger partial charge in [0.1, 0.15) is 0 Å². The first-order valence-electron chi connectivity index (χ1n) is 6.70. The highest BCUT2D eigenvalue weighted by Crippen LogP contribution is 2.19. The van der Waals surface area contributed by atoms with Crippen molar-refractivity contribution in [2.45, 2.75) is 26.4 Å². The molecule has 0 aliphatic heterocycles. The van der Waals surface area contributed by atoms with Crippen LogP contribution in [0.25, 0.3) is 0 Å². The summed E-state index contributed by atoms with van der Waals surface area (Å²) in [5, 5.41) is 0. The van der Waals surface area contributed by atoms with Gasteiger partial charge in [0.25, 0.3) is 0 Å². The molecule has 0 aliphatic carbocycles. The monoisotopic (exact) mass is 255 g/mol. The number of hydrogen-bond donors (Lipinski definition) is 1. The summed E-state index contributed by atoms with van der Waals surface area (Å²) in [6.45, 7) is 6.04. The topological polar surface area (TPSA) is 42.2 Å². The fourth-order valence-corrected chi connectivity index (χ4v) is 2.08. The Kier molecular flexibility index (Phi) is 4.53. The SMILES string of the molecule is CCN(Cc1ccncc1)c1ccc(C(C)N)cc1. The van der Waals surface area contributed by atoms with E-state index in [4.69, 9.17) is 5.73 Å². The number of hydrogen-bond acceptors (Lipinski definition) is 3. The van der Waals surface area contributed by atoms with Crippen LogP contribution in [-0.2, 0) is 6.54 Å². The maximum absolute atomic E-state index is 5.88. The van der Waals surface area contributed by atoms with Gasteiger partial charge in [0.15, 0.2) is 0 Å². The summed E-state index contributed by atoms with van der Waals surface area (Å²) in [6, 6.07) is 12.7. The smallest absolute Gasteiger partial charge is 0.0430 e. The summed E-state index contributed by atoms with van der Waals surface area (Å²) in [7, 11) is 0. The van der Waals surface area contributed by atoms with E-state index in [1.807, 2.05) is 19.3 Å². The predicted octanol–water partition coefficient (Wildman–Crippen LogP) is 3.13. The molecule has 0 aliphatic rings. The minimum atomic E-state index is 0.0873. The van der Waals surface area contributed by atoms with Crippen molar-refractivity contribution in [3.05, 3.63) is 59.9 Å². The lowest BCUT2D eigenvalue weighted by Gasteiger charge is -2.23. The van der Waals surface area contributed by atoms with Crippen molar-refractivity contribution in [1.29, 1.82) is 0 Å². The predicted molar refractivity (Wildman–Crippen MR) is 80.0 cm³/mol. The summed E-state index contributed by atoms with van der Waals surface area (Å²) in [5.74, 6) is 0. The molecule has 0 radical (unpaired) electrons. The van der Waals surface area contributed by atoms with E-state index in [1.165, 1.54) is 16.8 Å². The number of nitrogens with two attached hydrogens (primary N) is 1. The van der Waals surface area contributed by atoms with Gasteiger partial charge in [-0.1, -0.05) is 12.1 Å². The van der Waals surface area contributed by atoms with Gasteiger partial charge >= 0.3 is 0 Å². The van der Waals surface area contributed by atoms with Gasteiger partial charge in [-0.25, -0.2) is 0 Å². The van der Waals surface area contributed by atoms with Crippen LogP contribution >= 0.6 is 0 Å². The fourth-order valence-electron chi connectivity index (χ4n) is 2.08. The van der Waals surface area contributed by atoms with Gasteiger partial charge in [-0.2, -0.15) is 0 Å². The number of benzene rings is 1. The van der Waals surface area contributed by atoms with E-state index in [9.17, 15) is 0 Å². The number of rotatable bonds is 5. The van der Waals surface area contributed by atoms with E-state index in [-0.39, 0.29) is 6.04 Å². The van der Waals surface area contributed by atoms with Crippen molar-refractivity contribution in [3.63, 3.8) is 0 Å². The first-order chi connectivity index (χ1) is 9.20. The first kappa shape index (κ1) is 13.6. The molecular formula is C16H21N3. The second-order valence-corrected chi connectivity index (χ2v) is 4.75. The van der Waals surface area contributed by atoms with E-state index in [0.717, 1.165) is 13.1 Å². The van der Waals surface area contributed by atoms with Crippen LogP contribution in [0.5, 0.6) is 0 Å². The molecule has 1 aromatic carbocycles. The molecule has 2 N–H and O–H groups in total. The average molecular weight is 255 g/mol. The van der Waals surface area contributed by atoms with Gasteiger partial charge in [-0.05, 0) is 49.2 Å². The largest absolute Gasteiger partial charge is 0.367 e. The van der Waals surface area contributed by atoms with Crippen LogP contribution in [0.1, 0.15) is 31.0 Å². The Morgan fingerprint density at radius 3 is 2.26 bits per heavy atom. The molecule has 3 nitrogen and oxygen atoms in total. The van der Waals surface area contributed by atoms with Gasteiger partial charge in [0, 0.05) is 37.2 Å². The minimum Gasteiger partial charge on any atom is -0.367 e. The molecule has 3 heteroatoms. The van der Waals surface area contributed by atoms with Crippen molar-refractivity contribution in [3.8, 4) is 0 Å². The third-order valence-corrected chi connectivity index (χ3v) is 3.29. The summed E-state index contributed by atoms with van der Waals surface area (Å²) >= 11 is 0. The van der Waals surface area contributed by atoms with E-state index >= 15 is 0 Å². The zero-order valence-electron chi connectivity index (χ0n) is 11.6. The zero-order chi connectivity index (χ0) is 13.7. The highest BCUT2D eigenvalue weighted by Gasteiger charge is 2.06. The standard InChI is InChI=1S/C16H21N3/c1-3-19(12-14-8-10-18-11-9-14)16-6-4-15(5-7-16)13(2)17/h4-11,13H,3,12,17H2,1-2H3. The van der Waals surface area contributed by atoms with Crippen LogP contribution in [0, 0.1) is 0 Å². The molecule has 0 saturated heterocycles. The molecule has 0 amide bonds. The van der Waals surface area contributed by atoms with E-state index in [0.29, 0.717) is 0 Å². The van der Waals surface area contributed by atoms with Crippen LogP contribution in [0.15, 0.2) is 48.8 Å². The molecule has 1 heterocycles. The van der Waals surface area contributed by atoms with Crippen molar-refractivity contribution in [1.82, 2.24) is 4.98 Å². The number of anilines is 1. The molecule has 19 heavy (non-hydrogen) atoms. The molecule has 1 unspecified atom stereocenters. The molecule has 1 aromatic heterocycles. The highest BCUT2D eigenvalue weighted by molar-refractivity contribution is 5.48. The Bertz CT molecular complexity index is 491. The maximum Gasteiger partial charge on any atom is 0.0430 e. The van der Waals surface area contributed by atoms with Crippen LogP contribution in [0.3, 0.4) is 0 Å². The van der Waals surface area contributed by atoms with E-state index < -0.39 is 0 Å². The van der Waals surface area contributed by atoms with Crippen LogP contribution in [0.4, 0.5) is 5.69 Å². The second-order valence-electron chi connectivity index (χ2n) is 4.75. The maximum atomic E-state index is 5.88. The number of pyridine rings is 1. The third-order valence-electron chi connectivity index (χ3n) is 3.29. The van der Waals surface area contributed by atoms with Crippen LogP contribution in [0.2, 0.25) is 0 Å². The molecular weight excluding hydrogens is 234 g/mol. The van der Waals surface area contributed by atoms with E-state index in [1.54, 1.807) is 0 Å². The molecule has 2 aromatic rings. The minimum absolute atomic E-state index is 0.0873. The molecule has 0 spiro atoms. The number of nitrogens with zero attached hydrogens (tertiary/aromatic N) is 2. The molecule has 100 valence electrons. The molecule has 0 saturated carbocycles. The third kappa shape index (κ3) is 3.55. The second kappa shape index (κ2) is 6.34. The summed E-state index contributed by atoms with van der Waals surface area (Å²) in [6.07, 6.45) is 3.67. The van der Waals surface area contributed by atoms with Crippen LogP contribution < -0.4 is 10.6 Å². The first-order valence-corrected chi connectivity index (χ1v) is 6.70. The highest BCUT2D eigenvalue weighted by atomic mass is 15.1. The summed E-state index contributed by atoms with van der Waals surface area (Å²) in [4.78, 5) is 6.38. The molecule has 0 bridgehead atoms. The zero-order valence-corrected chi connectivity index (χ0v) is 11.6. The summed E-state index contributed by atoms with van der Waals surface area (Å²) < 4.78 is 0. The Hall–Kier alpha value is -1.87. The lowest BCUT2D eigenvalue weighted by Crippen LogP contribution is -2.22. The Balaban J connectivity index is 2.13. The van der Waals surface area contributed by atoms with Crippen molar-refractivity contribution in [2.24, 2.45) is 5.73 Å². The molecule has 1 atom stereocenters.